The standard InChI is InChI=1S/C26H29F2N5O2/c1-15(2)20-10-9-18(11-22(20)28)25(17-7-5-4-6-8-17)30-26(35)23-13-21(27)16(3)33(23)24(34)12-19-14-29-32-31-19/h4-11,14-16,21,23,25H,12-13H2,1-3H3,(H,30,35)(H,29,31,32)/t16-,21+,23-,25-/m0/s1. The van der Waals surface area contributed by atoms with E-state index in [1.54, 1.807) is 19.1 Å². The van der Waals surface area contributed by atoms with Gasteiger partial charge in [-0.25, -0.2) is 8.78 Å². The fourth-order valence-corrected chi connectivity index (χ4v) is 4.61. The third-order valence-electron chi connectivity index (χ3n) is 6.53. The van der Waals surface area contributed by atoms with Crippen LogP contribution in [0.3, 0.4) is 0 Å². The van der Waals surface area contributed by atoms with Gasteiger partial charge >= 0.3 is 0 Å². The smallest absolute Gasteiger partial charge is 0.243 e. The number of likely N-dealkylation sites (tertiary alicyclic amines) is 1. The van der Waals surface area contributed by atoms with E-state index in [2.05, 4.69) is 20.7 Å². The number of benzene rings is 2. The van der Waals surface area contributed by atoms with Crippen LogP contribution in [0.1, 0.15) is 61.5 Å². The van der Waals surface area contributed by atoms with E-state index in [4.69, 9.17) is 0 Å². The van der Waals surface area contributed by atoms with E-state index in [0.717, 1.165) is 5.56 Å². The maximum Gasteiger partial charge on any atom is 0.243 e. The molecule has 35 heavy (non-hydrogen) atoms. The minimum absolute atomic E-state index is 0.0135. The predicted molar refractivity (Wildman–Crippen MR) is 127 cm³/mol. The Bertz CT molecular complexity index is 1170. The molecule has 1 fully saturated rings. The molecule has 7 nitrogen and oxygen atoms in total. The van der Waals surface area contributed by atoms with Crippen LogP contribution in [0.2, 0.25) is 0 Å². The zero-order chi connectivity index (χ0) is 25.1. The Kier molecular flexibility index (Phi) is 7.23. The van der Waals surface area contributed by atoms with E-state index < -0.39 is 36.1 Å². The molecule has 0 radical (unpaired) electrons. The molecule has 2 amide bonds. The van der Waals surface area contributed by atoms with E-state index >= 15 is 0 Å². The van der Waals surface area contributed by atoms with Gasteiger partial charge < -0.3 is 10.2 Å². The largest absolute Gasteiger partial charge is 0.343 e. The highest BCUT2D eigenvalue weighted by Gasteiger charge is 2.45. The van der Waals surface area contributed by atoms with Crippen LogP contribution in [0.4, 0.5) is 8.78 Å². The zero-order valence-corrected chi connectivity index (χ0v) is 19.9. The molecule has 9 heteroatoms. The lowest BCUT2D eigenvalue weighted by atomic mass is 9.94. The van der Waals surface area contributed by atoms with E-state index in [9.17, 15) is 18.4 Å². The van der Waals surface area contributed by atoms with Gasteiger partial charge in [0.1, 0.15) is 18.0 Å². The first-order valence-corrected chi connectivity index (χ1v) is 11.7. The number of amides is 2. The first kappa shape index (κ1) is 24.5. The molecule has 1 aromatic heterocycles. The van der Waals surface area contributed by atoms with Crippen molar-refractivity contribution in [3.8, 4) is 0 Å². The second-order valence-electron chi connectivity index (χ2n) is 9.24. The van der Waals surface area contributed by atoms with E-state index in [0.29, 0.717) is 16.8 Å². The number of hydrogen-bond donors (Lipinski definition) is 2. The topological polar surface area (TPSA) is 91.0 Å². The Labute approximate surface area is 202 Å². The Hall–Kier alpha value is -3.62. The molecule has 2 aromatic carbocycles. The molecule has 4 rings (SSSR count). The highest BCUT2D eigenvalue weighted by atomic mass is 19.1. The van der Waals surface area contributed by atoms with Crippen molar-refractivity contribution in [3.05, 3.63) is 82.9 Å². The summed E-state index contributed by atoms with van der Waals surface area (Å²) in [5.74, 6) is -1.24. The van der Waals surface area contributed by atoms with Gasteiger partial charge in [-0.3, -0.25) is 9.59 Å². The van der Waals surface area contributed by atoms with Gasteiger partial charge in [-0.2, -0.15) is 15.4 Å². The molecular weight excluding hydrogens is 452 g/mol. The minimum atomic E-state index is -1.34. The summed E-state index contributed by atoms with van der Waals surface area (Å²) in [5.41, 5.74) is 2.31. The normalized spacial score (nSPS) is 20.7. The Morgan fingerprint density at radius 2 is 1.91 bits per heavy atom. The second-order valence-corrected chi connectivity index (χ2v) is 9.24. The first-order chi connectivity index (χ1) is 16.8. The Balaban J connectivity index is 1.61. The lowest BCUT2D eigenvalue weighted by Gasteiger charge is -2.29. The summed E-state index contributed by atoms with van der Waals surface area (Å²) in [6.45, 7) is 5.41. The van der Waals surface area contributed by atoms with Crippen LogP contribution in [0.25, 0.3) is 0 Å². The molecule has 1 saturated heterocycles. The van der Waals surface area contributed by atoms with Gasteiger partial charge in [0.05, 0.1) is 30.4 Å². The molecule has 2 N–H and O–H groups in total. The van der Waals surface area contributed by atoms with Gasteiger partial charge in [-0.15, -0.1) is 0 Å². The molecule has 0 spiro atoms. The number of carbonyl (C=O) groups excluding carboxylic acids is 2. The third kappa shape index (κ3) is 5.23. The van der Waals surface area contributed by atoms with Crippen LogP contribution in [0, 0.1) is 5.82 Å². The van der Waals surface area contributed by atoms with Crippen molar-refractivity contribution >= 4 is 11.8 Å². The number of hydrogen-bond acceptors (Lipinski definition) is 4. The van der Waals surface area contributed by atoms with Crippen molar-refractivity contribution in [2.45, 2.75) is 63.8 Å². The van der Waals surface area contributed by atoms with E-state index in [1.165, 1.54) is 17.2 Å². The number of aromatic nitrogens is 3. The van der Waals surface area contributed by atoms with Gasteiger partial charge in [0.25, 0.3) is 0 Å². The second kappa shape index (κ2) is 10.3. The quantitative estimate of drug-likeness (QED) is 0.537. The molecule has 0 aliphatic carbocycles. The maximum absolute atomic E-state index is 14.8. The number of rotatable bonds is 7. The fourth-order valence-electron chi connectivity index (χ4n) is 4.61. The Morgan fingerprint density at radius 1 is 1.17 bits per heavy atom. The number of aromatic amines is 1. The average Bonchev–Trinajstić information content (AvgIpc) is 3.45. The maximum atomic E-state index is 14.8. The van der Waals surface area contributed by atoms with Crippen LogP contribution < -0.4 is 5.32 Å². The van der Waals surface area contributed by atoms with E-state index in [1.807, 2.05) is 44.2 Å². The number of H-pyrrole nitrogens is 1. The summed E-state index contributed by atoms with van der Waals surface area (Å²) in [6.07, 6.45) is -0.132. The molecule has 0 unspecified atom stereocenters. The van der Waals surface area contributed by atoms with Gasteiger partial charge in [0.15, 0.2) is 0 Å². The highest BCUT2D eigenvalue weighted by molar-refractivity contribution is 5.89. The van der Waals surface area contributed by atoms with Crippen LogP contribution in [-0.4, -0.2) is 50.4 Å². The highest BCUT2D eigenvalue weighted by Crippen LogP contribution is 2.31. The van der Waals surface area contributed by atoms with Crippen LogP contribution >= 0.6 is 0 Å². The molecule has 184 valence electrons. The third-order valence-corrected chi connectivity index (χ3v) is 6.53. The summed E-state index contributed by atoms with van der Waals surface area (Å²) < 4.78 is 29.6. The number of carbonyl (C=O) groups is 2. The van der Waals surface area contributed by atoms with E-state index in [-0.39, 0.29) is 24.6 Å². The molecule has 4 atom stereocenters. The van der Waals surface area contributed by atoms with Crippen LogP contribution in [0.15, 0.2) is 54.7 Å². The fraction of sp³-hybridized carbons (Fsp3) is 0.385. The zero-order valence-electron chi connectivity index (χ0n) is 19.9. The van der Waals surface area contributed by atoms with Gasteiger partial charge in [0, 0.05) is 6.42 Å². The first-order valence-electron chi connectivity index (χ1n) is 11.7. The average molecular weight is 482 g/mol. The SMILES string of the molecule is CC(C)c1ccc([C@@H](NC(=O)[C@@H]2C[C@@H](F)[C@H](C)N2C(=O)Cc2cn[nH]n2)c2ccccc2)cc1F. The lowest BCUT2D eigenvalue weighted by molar-refractivity contribution is -0.140. The molecule has 0 saturated carbocycles. The Morgan fingerprint density at radius 3 is 2.54 bits per heavy atom. The van der Waals surface area contributed by atoms with Crippen molar-refractivity contribution in [2.24, 2.45) is 0 Å². The molecular formula is C26H29F2N5O2. The summed E-state index contributed by atoms with van der Waals surface area (Å²) >= 11 is 0. The molecule has 2 heterocycles. The van der Waals surface area contributed by atoms with Crippen molar-refractivity contribution in [3.63, 3.8) is 0 Å². The van der Waals surface area contributed by atoms with Crippen molar-refractivity contribution in [1.82, 2.24) is 25.6 Å². The molecule has 1 aliphatic rings. The minimum Gasteiger partial charge on any atom is -0.343 e. The molecule has 3 aromatic rings. The number of halogens is 2. The number of nitrogens with zero attached hydrogens (tertiary/aromatic N) is 3. The summed E-state index contributed by atoms with van der Waals surface area (Å²) in [4.78, 5) is 27.8. The van der Waals surface area contributed by atoms with Gasteiger partial charge in [0.2, 0.25) is 11.8 Å². The summed E-state index contributed by atoms with van der Waals surface area (Å²) in [7, 11) is 0. The summed E-state index contributed by atoms with van der Waals surface area (Å²) in [5, 5.41) is 13.0. The molecule has 1 aliphatic heterocycles. The monoisotopic (exact) mass is 481 g/mol. The van der Waals surface area contributed by atoms with Crippen molar-refractivity contribution < 1.29 is 18.4 Å². The number of nitrogens with one attached hydrogen (secondary N) is 2. The van der Waals surface area contributed by atoms with Gasteiger partial charge in [-0.05, 0) is 35.6 Å². The summed E-state index contributed by atoms with van der Waals surface area (Å²) in [6, 6.07) is 11.7. The van der Waals surface area contributed by atoms with Crippen LogP contribution in [-0.2, 0) is 16.0 Å². The number of alkyl halides is 1. The van der Waals surface area contributed by atoms with Gasteiger partial charge in [-0.1, -0.05) is 56.3 Å². The lowest BCUT2D eigenvalue weighted by Crippen LogP contribution is -2.49. The van der Waals surface area contributed by atoms with Crippen molar-refractivity contribution in [2.75, 3.05) is 0 Å². The van der Waals surface area contributed by atoms with Crippen molar-refractivity contribution in [1.29, 1.82) is 0 Å². The predicted octanol–water partition coefficient (Wildman–Crippen LogP) is 3.84. The van der Waals surface area contributed by atoms with Crippen LogP contribution in [0.5, 0.6) is 0 Å². The molecule has 0 bridgehead atoms.